The summed E-state index contributed by atoms with van der Waals surface area (Å²) in [6.07, 6.45) is 0.00000189. The zero-order valence-corrected chi connectivity index (χ0v) is 18.3. The summed E-state index contributed by atoms with van der Waals surface area (Å²) in [5, 5.41) is 2.50. The predicted molar refractivity (Wildman–Crippen MR) is 108 cm³/mol. The third-order valence-electron chi connectivity index (χ3n) is 5.10. The maximum absolute atomic E-state index is 12.3. The van der Waals surface area contributed by atoms with Crippen LogP contribution in [0.1, 0.15) is 23.1 Å². The van der Waals surface area contributed by atoms with Crippen LogP contribution in [0.3, 0.4) is 0 Å². The van der Waals surface area contributed by atoms with Gasteiger partial charge in [-0.15, -0.1) is 0 Å². The second-order valence-electron chi connectivity index (χ2n) is 6.13. The fourth-order valence-electron chi connectivity index (χ4n) is 4.10. The molecule has 1 heterocycles. The topological polar surface area (TPSA) is 26.3 Å². The van der Waals surface area contributed by atoms with Crippen LogP contribution >= 0.6 is 63.7 Å². The van der Waals surface area contributed by atoms with E-state index in [2.05, 4.69) is 100 Å². The average Bonchev–Trinajstić information content (AvgIpc) is 2.83. The van der Waals surface area contributed by atoms with Crippen molar-refractivity contribution < 1.29 is 9.53 Å². The van der Waals surface area contributed by atoms with Gasteiger partial charge in [-0.05, 0) is 53.8 Å². The second kappa shape index (κ2) is 5.13. The number of benzene rings is 2. The molecule has 2 aromatic rings. The molecule has 0 radical (unpaired) electrons. The van der Waals surface area contributed by atoms with Gasteiger partial charge < -0.3 is 4.74 Å². The third kappa shape index (κ3) is 1.67. The van der Waals surface area contributed by atoms with Gasteiger partial charge in [0.1, 0.15) is 5.60 Å². The highest BCUT2D eigenvalue weighted by molar-refractivity contribution is 9.15. The van der Waals surface area contributed by atoms with E-state index in [-0.39, 0.29) is 17.8 Å². The van der Waals surface area contributed by atoms with E-state index in [1.807, 2.05) is 0 Å². The summed E-state index contributed by atoms with van der Waals surface area (Å²) in [7, 11) is 0. The number of allylic oxidation sites excluding steroid dienone is 2. The zero-order chi connectivity index (χ0) is 16.8. The molecule has 2 atom stereocenters. The van der Waals surface area contributed by atoms with Gasteiger partial charge in [0, 0.05) is 0 Å². The van der Waals surface area contributed by atoms with Crippen molar-refractivity contribution in [1.29, 1.82) is 0 Å². The first kappa shape index (κ1) is 15.9. The van der Waals surface area contributed by atoms with Crippen LogP contribution in [0.4, 0.5) is 0 Å². The maximum atomic E-state index is 12.3. The van der Waals surface area contributed by atoms with Gasteiger partial charge in [0.05, 0.1) is 30.0 Å². The minimum atomic E-state index is -0.705. The number of carbonyl (C=O) groups is 1. The molecular formula is C18H8Br4O2. The van der Waals surface area contributed by atoms with Gasteiger partial charge in [-0.25, -0.2) is 0 Å². The number of carbonyl (C=O) groups excluding carboxylic acids is 1. The van der Waals surface area contributed by atoms with E-state index in [0.29, 0.717) is 8.96 Å². The van der Waals surface area contributed by atoms with Crippen molar-refractivity contribution in [3.63, 3.8) is 0 Å². The molecule has 0 unspecified atom stereocenters. The Labute approximate surface area is 171 Å². The van der Waals surface area contributed by atoms with Gasteiger partial charge in [0.25, 0.3) is 0 Å². The molecule has 2 nitrogen and oxygen atoms in total. The Morgan fingerprint density at radius 2 is 1.46 bits per heavy atom. The largest absolute Gasteiger partial charge is 0.355 e. The van der Waals surface area contributed by atoms with Gasteiger partial charge in [0.15, 0.2) is 0 Å². The summed E-state index contributed by atoms with van der Waals surface area (Å²) in [5.74, 6) is 0.0238. The van der Waals surface area contributed by atoms with Crippen molar-refractivity contribution in [3.05, 3.63) is 65.5 Å². The summed E-state index contributed by atoms with van der Waals surface area (Å²) in [6.45, 7) is 0. The Hall–Kier alpha value is -0.270. The van der Waals surface area contributed by atoms with Crippen molar-refractivity contribution in [2.24, 2.45) is 0 Å². The normalized spacial score (nSPS) is 27.1. The summed E-state index contributed by atoms with van der Waals surface area (Å²) in [6, 6.07) is 12.7. The summed E-state index contributed by atoms with van der Waals surface area (Å²) in [4.78, 5) is 12.3. The van der Waals surface area contributed by atoms with Crippen molar-refractivity contribution >= 4 is 80.3 Å². The Morgan fingerprint density at radius 3 is 2.08 bits per heavy atom. The van der Waals surface area contributed by atoms with E-state index in [1.54, 1.807) is 0 Å². The first-order chi connectivity index (χ1) is 11.5. The molecule has 6 heteroatoms. The van der Waals surface area contributed by atoms with E-state index in [0.717, 1.165) is 8.96 Å². The fraction of sp³-hybridized carbons (Fsp3) is 0.167. The van der Waals surface area contributed by atoms with Gasteiger partial charge in [0.2, 0.25) is 5.78 Å². The van der Waals surface area contributed by atoms with E-state index >= 15 is 0 Å². The molecule has 0 aromatic heterocycles. The number of Topliss-reactive ketones (excluding diaryl/α,β-unsaturated/α-hetero) is 1. The molecule has 0 saturated carbocycles. The number of rotatable bonds is 0. The van der Waals surface area contributed by atoms with E-state index in [4.69, 9.17) is 4.74 Å². The number of fused-ring (bicyclic) bond motifs is 4. The first-order valence-corrected chi connectivity index (χ1v) is 10.5. The number of ether oxygens (including phenoxy) is 1. The number of hydrogen-bond donors (Lipinski definition) is 0. The molecule has 0 bridgehead atoms. The number of halogens is 4. The predicted octanol–water partition coefficient (Wildman–Crippen LogP) is 6.33. The van der Waals surface area contributed by atoms with Crippen LogP contribution < -0.4 is 0 Å². The monoisotopic (exact) mass is 572 g/mol. The zero-order valence-electron chi connectivity index (χ0n) is 11.9. The highest BCUT2D eigenvalue weighted by Gasteiger charge is 2.65. The summed E-state index contributed by atoms with van der Waals surface area (Å²) in [5.41, 5.74) is 1.79. The molecule has 5 rings (SSSR count). The molecule has 1 aliphatic heterocycles. The van der Waals surface area contributed by atoms with Gasteiger partial charge >= 0.3 is 0 Å². The fourth-order valence-corrected chi connectivity index (χ4v) is 7.05. The molecule has 0 N–H and O–H groups in total. The van der Waals surface area contributed by atoms with Crippen molar-refractivity contribution in [2.45, 2.75) is 17.6 Å². The highest BCUT2D eigenvalue weighted by atomic mass is 79.9. The molecule has 2 aromatic carbocycles. The lowest BCUT2D eigenvalue weighted by atomic mass is 9.73. The van der Waals surface area contributed by atoms with Crippen LogP contribution in [0.5, 0.6) is 0 Å². The maximum Gasteiger partial charge on any atom is 0.208 e. The average molecular weight is 576 g/mol. The lowest BCUT2D eigenvalue weighted by Crippen LogP contribution is -2.54. The van der Waals surface area contributed by atoms with Crippen molar-refractivity contribution in [3.8, 4) is 0 Å². The quantitative estimate of drug-likeness (QED) is 0.367. The molecule has 0 amide bonds. The lowest BCUT2D eigenvalue weighted by Gasteiger charge is -2.54. The van der Waals surface area contributed by atoms with Crippen LogP contribution in [0.2, 0.25) is 0 Å². The smallest absolute Gasteiger partial charge is 0.208 e. The van der Waals surface area contributed by atoms with Crippen LogP contribution in [-0.4, -0.2) is 11.4 Å². The first-order valence-electron chi connectivity index (χ1n) is 7.34. The SMILES string of the molecule is O=C1C(Br)=C(Br)C2(O[C@H]3c4cccc5cccc(c45)[C@H]32)C(Br)=C1Br. The highest BCUT2D eigenvalue weighted by Crippen LogP contribution is 2.70. The van der Waals surface area contributed by atoms with Gasteiger partial charge in [-0.3, -0.25) is 4.79 Å². The molecule has 120 valence electrons. The van der Waals surface area contributed by atoms with Gasteiger partial charge in [-0.1, -0.05) is 68.3 Å². The van der Waals surface area contributed by atoms with E-state index in [9.17, 15) is 4.79 Å². The molecule has 1 spiro atoms. The molecule has 1 saturated heterocycles. The Bertz CT molecular complexity index is 988. The van der Waals surface area contributed by atoms with Crippen LogP contribution in [0.15, 0.2) is 54.3 Å². The van der Waals surface area contributed by atoms with Crippen LogP contribution in [-0.2, 0) is 9.53 Å². The second-order valence-corrected chi connectivity index (χ2v) is 9.30. The minimum Gasteiger partial charge on any atom is -0.355 e. The Kier molecular flexibility index (Phi) is 3.41. The Balaban J connectivity index is 1.80. The molecule has 1 fully saturated rings. The number of hydrogen-bond acceptors (Lipinski definition) is 2. The van der Waals surface area contributed by atoms with Crippen LogP contribution in [0, 0.1) is 0 Å². The lowest BCUT2D eigenvalue weighted by molar-refractivity contribution is -0.176. The molecule has 24 heavy (non-hydrogen) atoms. The van der Waals surface area contributed by atoms with Crippen LogP contribution in [0.25, 0.3) is 10.8 Å². The summed E-state index contributed by atoms with van der Waals surface area (Å²) < 4.78 is 8.93. The Morgan fingerprint density at radius 1 is 0.875 bits per heavy atom. The van der Waals surface area contributed by atoms with Crippen molar-refractivity contribution in [2.75, 3.05) is 0 Å². The summed E-state index contributed by atoms with van der Waals surface area (Å²) >= 11 is 14.1. The molecule has 3 aliphatic rings. The standard InChI is InChI=1S/C18H8Br4O2/c19-12-14(23)13(20)17(22)18(16(12)21)11-8-5-1-3-7-4-2-6-9(10(7)8)15(11)24-18/h1-6,11,15H/t11-,15+/m1/s1. The molecular weight excluding hydrogens is 568 g/mol. The number of ketones is 1. The van der Waals surface area contributed by atoms with E-state index < -0.39 is 5.60 Å². The van der Waals surface area contributed by atoms with Crippen molar-refractivity contribution in [1.82, 2.24) is 0 Å². The van der Waals surface area contributed by atoms with Gasteiger partial charge in [-0.2, -0.15) is 0 Å². The third-order valence-corrected chi connectivity index (χ3v) is 9.65. The van der Waals surface area contributed by atoms with E-state index in [1.165, 1.54) is 21.9 Å². The molecule has 2 aliphatic carbocycles. The minimum absolute atomic E-state index is 0.00000189.